The maximum absolute atomic E-state index is 13.0. The first-order valence-corrected chi connectivity index (χ1v) is 13.7. The Kier molecular flexibility index (Phi) is 7.27. The van der Waals surface area contributed by atoms with E-state index in [4.69, 9.17) is 4.74 Å². The van der Waals surface area contributed by atoms with Crippen molar-refractivity contribution in [3.8, 4) is 17.1 Å². The summed E-state index contributed by atoms with van der Waals surface area (Å²) in [5, 5.41) is 3.94. The minimum absolute atomic E-state index is 0.00217. The summed E-state index contributed by atoms with van der Waals surface area (Å²) < 4.78 is 36.0. The summed E-state index contributed by atoms with van der Waals surface area (Å²) in [7, 11) is -2.32. The van der Waals surface area contributed by atoms with Gasteiger partial charge in [-0.25, -0.2) is 18.1 Å². The molecule has 10 nitrogen and oxygen atoms in total. The lowest BCUT2D eigenvalue weighted by atomic mass is 9.92. The number of amides is 1. The van der Waals surface area contributed by atoms with Crippen molar-refractivity contribution in [2.24, 2.45) is 12.5 Å². The number of carbonyl (C=O) groups is 1. The van der Waals surface area contributed by atoms with Crippen LogP contribution in [-0.4, -0.2) is 58.2 Å². The molecule has 4 rings (SSSR count). The Balaban J connectivity index is 1.63. The number of benzene rings is 1. The van der Waals surface area contributed by atoms with Crippen molar-refractivity contribution in [1.29, 1.82) is 0 Å². The molecular weight excluding hydrogens is 492 g/mol. The highest BCUT2D eigenvalue weighted by molar-refractivity contribution is 7.92. The molecule has 37 heavy (non-hydrogen) atoms. The van der Waals surface area contributed by atoms with Crippen LogP contribution < -0.4 is 9.46 Å². The highest BCUT2D eigenvalue weighted by atomic mass is 32.2. The maximum atomic E-state index is 13.0. The second-order valence-electron chi connectivity index (χ2n) is 10.7. The van der Waals surface area contributed by atoms with E-state index in [0.717, 1.165) is 16.7 Å². The molecule has 1 saturated heterocycles. The van der Waals surface area contributed by atoms with E-state index in [1.165, 1.54) is 17.1 Å². The van der Waals surface area contributed by atoms with Gasteiger partial charge in [-0.05, 0) is 30.4 Å². The molecule has 0 spiro atoms. The monoisotopic (exact) mass is 526 g/mol. The van der Waals surface area contributed by atoms with E-state index in [1.807, 2.05) is 57.7 Å². The summed E-state index contributed by atoms with van der Waals surface area (Å²) in [6, 6.07) is 7.62. The van der Waals surface area contributed by atoms with E-state index in [1.54, 1.807) is 13.1 Å². The highest BCUT2D eigenvalue weighted by Crippen LogP contribution is 2.30. The van der Waals surface area contributed by atoms with Gasteiger partial charge in [-0.15, -0.1) is 0 Å². The zero-order valence-corrected chi connectivity index (χ0v) is 23.0. The predicted octanol–water partition coefficient (Wildman–Crippen LogP) is 3.71. The molecule has 1 fully saturated rings. The molecule has 1 aliphatic heterocycles. The van der Waals surface area contributed by atoms with Gasteiger partial charge in [0.25, 0.3) is 10.0 Å². The van der Waals surface area contributed by atoms with Crippen molar-refractivity contribution >= 4 is 21.9 Å². The number of nitrogens with one attached hydrogen (secondary N) is 1. The average Bonchev–Trinajstić information content (AvgIpc) is 3.42. The van der Waals surface area contributed by atoms with Crippen molar-refractivity contribution in [1.82, 2.24) is 24.6 Å². The van der Waals surface area contributed by atoms with Crippen molar-refractivity contribution in [2.45, 2.75) is 58.5 Å². The number of nitrogens with zero attached hydrogens (tertiary/aromatic N) is 5. The summed E-state index contributed by atoms with van der Waals surface area (Å²) in [5.41, 5.74) is 3.31. The number of aryl methyl sites for hydroxylation is 3. The summed E-state index contributed by atoms with van der Waals surface area (Å²) in [4.78, 5) is 23.4. The van der Waals surface area contributed by atoms with Crippen LogP contribution in [0, 0.1) is 19.3 Å². The van der Waals surface area contributed by atoms with Gasteiger partial charge in [0.1, 0.15) is 11.0 Å². The number of carbonyl (C=O) groups excluding carboxylic acids is 1. The third-order valence-electron chi connectivity index (χ3n) is 6.12. The molecule has 1 aromatic carbocycles. The van der Waals surface area contributed by atoms with E-state index in [0.29, 0.717) is 31.6 Å². The van der Waals surface area contributed by atoms with E-state index in [9.17, 15) is 13.2 Å². The number of rotatable bonds is 7. The Hall–Kier alpha value is -3.47. The van der Waals surface area contributed by atoms with Gasteiger partial charge in [-0.2, -0.15) is 10.1 Å². The van der Waals surface area contributed by atoms with Gasteiger partial charge in [-0.3, -0.25) is 9.48 Å². The molecule has 2 aromatic heterocycles. The normalized spacial score (nSPS) is 16.2. The lowest BCUT2D eigenvalue weighted by Gasteiger charge is -2.23. The van der Waals surface area contributed by atoms with Crippen molar-refractivity contribution in [3.05, 3.63) is 47.8 Å². The second kappa shape index (κ2) is 10.1. The fourth-order valence-corrected chi connectivity index (χ4v) is 5.31. The molecule has 1 aliphatic rings. The van der Waals surface area contributed by atoms with Gasteiger partial charge < -0.3 is 9.64 Å². The fourth-order valence-electron chi connectivity index (χ4n) is 4.38. The average molecular weight is 527 g/mol. The Labute approximate surface area is 218 Å². The maximum Gasteiger partial charge on any atom is 0.267 e. The van der Waals surface area contributed by atoms with Crippen LogP contribution in [0.5, 0.6) is 5.88 Å². The van der Waals surface area contributed by atoms with E-state index in [-0.39, 0.29) is 34.1 Å². The van der Waals surface area contributed by atoms with Gasteiger partial charge >= 0.3 is 0 Å². The SMILES string of the molecule is Cc1cccc(C)c1-c1cc(OC2CCN(C(=O)CC(C)(C)C)C2)nc(NS(=O)(=O)c2cnn(C)c2)n1. The number of aromatic nitrogens is 4. The standard InChI is InChI=1S/C26H34N6O4S/c1-17-8-7-9-18(2)24(17)21-12-22(36-19-10-11-32(15-19)23(33)13-26(3,4)5)29-25(28-21)30-37(34,35)20-14-27-31(6)16-20/h7-9,12,14,16,19H,10-11,13,15H2,1-6H3,(H,28,29,30). The van der Waals surface area contributed by atoms with Crippen LogP contribution in [-0.2, 0) is 21.9 Å². The zero-order valence-electron chi connectivity index (χ0n) is 22.1. The van der Waals surface area contributed by atoms with E-state index in [2.05, 4.69) is 19.8 Å². The molecule has 1 N–H and O–H groups in total. The van der Waals surface area contributed by atoms with Crippen LogP contribution in [0.4, 0.5) is 5.95 Å². The van der Waals surface area contributed by atoms with Crippen molar-refractivity contribution < 1.29 is 17.9 Å². The molecule has 0 radical (unpaired) electrons. The molecule has 0 bridgehead atoms. The van der Waals surface area contributed by atoms with Crippen LogP contribution in [0.1, 0.15) is 44.7 Å². The fraction of sp³-hybridized carbons (Fsp3) is 0.462. The highest BCUT2D eigenvalue weighted by Gasteiger charge is 2.30. The first-order valence-electron chi connectivity index (χ1n) is 12.2. The molecule has 3 heterocycles. The lowest BCUT2D eigenvalue weighted by Crippen LogP contribution is -2.33. The Morgan fingerprint density at radius 1 is 1.19 bits per heavy atom. The van der Waals surface area contributed by atoms with Crippen molar-refractivity contribution in [3.63, 3.8) is 0 Å². The molecule has 1 unspecified atom stereocenters. The summed E-state index contributed by atoms with van der Waals surface area (Å²) in [6.07, 6.45) is 3.53. The van der Waals surface area contributed by atoms with Gasteiger partial charge in [0.15, 0.2) is 0 Å². The van der Waals surface area contributed by atoms with Crippen LogP contribution in [0.2, 0.25) is 0 Å². The molecule has 3 aromatic rings. The predicted molar refractivity (Wildman–Crippen MR) is 141 cm³/mol. The zero-order chi connectivity index (χ0) is 27.0. The minimum atomic E-state index is -3.96. The van der Waals surface area contributed by atoms with Crippen LogP contribution in [0.15, 0.2) is 41.6 Å². The quantitative estimate of drug-likeness (QED) is 0.498. The summed E-state index contributed by atoms with van der Waals surface area (Å²) in [6.45, 7) is 11.1. The number of hydrogen-bond acceptors (Lipinski definition) is 7. The number of anilines is 1. The topological polar surface area (TPSA) is 119 Å². The van der Waals surface area contributed by atoms with Crippen molar-refractivity contribution in [2.75, 3.05) is 17.8 Å². The van der Waals surface area contributed by atoms with Crippen LogP contribution in [0.25, 0.3) is 11.3 Å². The van der Waals surface area contributed by atoms with Gasteiger partial charge in [-0.1, -0.05) is 39.0 Å². The number of ether oxygens (including phenoxy) is 1. The third kappa shape index (κ3) is 6.46. The van der Waals surface area contributed by atoms with Gasteiger partial charge in [0.05, 0.1) is 18.4 Å². The number of likely N-dealkylation sites (tertiary alicyclic amines) is 1. The van der Waals surface area contributed by atoms with Crippen LogP contribution in [0.3, 0.4) is 0 Å². The Bertz CT molecular complexity index is 1390. The molecule has 0 aliphatic carbocycles. The first kappa shape index (κ1) is 26.6. The Morgan fingerprint density at radius 3 is 2.51 bits per heavy atom. The number of hydrogen-bond donors (Lipinski definition) is 1. The second-order valence-corrected chi connectivity index (χ2v) is 12.4. The smallest absolute Gasteiger partial charge is 0.267 e. The van der Waals surface area contributed by atoms with E-state index < -0.39 is 10.0 Å². The first-order chi connectivity index (χ1) is 17.3. The summed E-state index contributed by atoms with van der Waals surface area (Å²) in [5.74, 6) is 0.242. The molecular formula is C26H34N6O4S. The van der Waals surface area contributed by atoms with Gasteiger partial charge in [0.2, 0.25) is 17.7 Å². The molecule has 1 amide bonds. The third-order valence-corrected chi connectivity index (χ3v) is 7.41. The summed E-state index contributed by atoms with van der Waals surface area (Å²) >= 11 is 0. The molecule has 198 valence electrons. The van der Waals surface area contributed by atoms with E-state index >= 15 is 0 Å². The number of sulfonamides is 1. The molecule has 0 saturated carbocycles. The van der Waals surface area contributed by atoms with Gasteiger partial charge in [0, 0.05) is 44.3 Å². The lowest BCUT2D eigenvalue weighted by molar-refractivity contribution is -0.132. The van der Waals surface area contributed by atoms with Crippen LogP contribution >= 0.6 is 0 Å². The molecule has 11 heteroatoms. The Morgan fingerprint density at radius 2 is 1.89 bits per heavy atom. The largest absolute Gasteiger partial charge is 0.472 e. The minimum Gasteiger partial charge on any atom is -0.472 e. The molecule has 1 atom stereocenters.